The molecule has 3 nitrogen and oxygen atoms in total. The Bertz CT molecular complexity index is 350. The van der Waals surface area contributed by atoms with Gasteiger partial charge in [0.25, 0.3) is 5.24 Å². The maximum atomic E-state index is 10.9. The molecule has 4 heteroatoms. The lowest BCUT2D eigenvalue weighted by Crippen LogP contribution is -1.99. The van der Waals surface area contributed by atoms with Crippen molar-refractivity contribution in [1.82, 2.24) is 0 Å². The molecule has 0 aliphatic carbocycles. The molecular weight excluding hydrogens is 190 g/mol. The van der Waals surface area contributed by atoms with E-state index in [0.717, 1.165) is 5.56 Å². The van der Waals surface area contributed by atoms with E-state index >= 15 is 0 Å². The minimum Gasteiger partial charge on any atom is -0.496 e. The number of halogens is 1. The molecule has 0 spiro atoms. The highest BCUT2D eigenvalue weighted by atomic mass is 35.5. The molecule has 0 fully saturated rings. The van der Waals surface area contributed by atoms with Gasteiger partial charge in [-0.2, -0.15) is 0 Å². The van der Waals surface area contributed by atoms with Crippen molar-refractivity contribution in [2.75, 3.05) is 12.8 Å². The number of hydrogen-bond donors (Lipinski definition) is 1. The molecule has 0 saturated carbocycles. The molecule has 0 aliphatic heterocycles. The SMILES string of the molecule is COc1cc(C)c(N)cc1C(=O)Cl. The summed E-state index contributed by atoms with van der Waals surface area (Å²) in [5, 5.41) is -0.566. The van der Waals surface area contributed by atoms with E-state index in [1.54, 1.807) is 6.07 Å². The number of benzene rings is 1. The second-order valence-electron chi connectivity index (χ2n) is 2.68. The Morgan fingerprint density at radius 2 is 2.15 bits per heavy atom. The lowest BCUT2D eigenvalue weighted by atomic mass is 10.1. The zero-order chi connectivity index (χ0) is 10.0. The maximum absolute atomic E-state index is 10.9. The van der Waals surface area contributed by atoms with Crippen molar-refractivity contribution >= 4 is 22.5 Å². The van der Waals surface area contributed by atoms with E-state index in [4.69, 9.17) is 22.1 Å². The number of ether oxygens (including phenoxy) is 1. The minimum atomic E-state index is -0.566. The van der Waals surface area contributed by atoms with Crippen molar-refractivity contribution in [3.63, 3.8) is 0 Å². The van der Waals surface area contributed by atoms with Gasteiger partial charge in [0.2, 0.25) is 0 Å². The first-order chi connectivity index (χ1) is 6.06. The van der Waals surface area contributed by atoms with Gasteiger partial charge in [-0.3, -0.25) is 4.79 Å². The molecule has 0 heterocycles. The molecule has 13 heavy (non-hydrogen) atoms. The normalized spacial score (nSPS) is 9.77. The van der Waals surface area contributed by atoms with Gasteiger partial charge < -0.3 is 10.5 Å². The highest BCUT2D eigenvalue weighted by molar-refractivity contribution is 6.68. The zero-order valence-corrected chi connectivity index (χ0v) is 8.18. The Kier molecular flexibility index (Phi) is 2.78. The molecule has 2 N–H and O–H groups in total. The van der Waals surface area contributed by atoms with E-state index in [9.17, 15) is 4.79 Å². The number of anilines is 1. The summed E-state index contributed by atoms with van der Waals surface area (Å²) >= 11 is 5.34. The molecule has 1 rings (SSSR count). The van der Waals surface area contributed by atoms with Crippen molar-refractivity contribution in [3.8, 4) is 5.75 Å². The smallest absolute Gasteiger partial charge is 0.256 e. The van der Waals surface area contributed by atoms with Crippen molar-refractivity contribution in [2.45, 2.75) is 6.92 Å². The fourth-order valence-electron chi connectivity index (χ4n) is 1.02. The molecule has 1 aromatic rings. The molecular formula is C9H10ClNO2. The summed E-state index contributed by atoms with van der Waals surface area (Å²) in [4.78, 5) is 10.9. The first kappa shape index (κ1) is 9.86. The maximum Gasteiger partial charge on any atom is 0.256 e. The van der Waals surface area contributed by atoms with Crippen LogP contribution in [-0.4, -0.2) is 12.4 Å². The van der Waals surface area contributed by atoms with Crippen molar-refractivity contribution < 1.29 is 9.53 Å². The summed E-state index contributed by atoms with van der Waals surface area (Å²) in [6.07, 6.45) is 0. The second-order valence-corrected chi connectivity index (χ2v) is 3.03. The predicted octanol–water partition coefficient (Wildman–Crippen LogP) is 1.96. The number of carbonyl (C=O) groups excluding carboxylic acids is 1. The largest absolute Gasteiger partial charge is 0.496 e. The number of nitrogens with two attached hydrogens (primary N) is 1. The molecule has 0 bridgehead atoms. The van der Waals surface area contributed by atoms with Gasteiger partial charge in [-0.25, -0.2) is 0 Å². The third kappa shape index (κ3) is 1.92. The molecule has 0 radical (unpaired) electrons. The Morgan fingerprint density at radius 1 is 1.54 bits per heavy atom. The van der Waals surface area contributed by atoms with Crippen molar-refractivity contribution in [2.24, 2.45) is 0 Å². The van der Waals surface area contributed by atoms with Crippen LogP contribution in [0.3, 0.4) is 0 Å². The number of hydrogen-bond acceptors (Lipinski definition) is 3. The summed E-state index contributed by atoms with van der Waals surface area (Å²) in [6.45, 7) is 1.83. The highest BCUT2D eigenvalue weighted by Gasteiger charge is 2.11. The average molecular weight is 200 g/mol. The summed E-state index contributed by atoms with van der Waals surface area (Å²) in [5.74, 6) is 0.451. The van der Waals surface area contributed by atoms with Crippen LogP contribution in [0.25, 0.3) is 0 Å². The Balaban J connectivity index is 3.33. The molecule has 0 amide bonds. The lowest BCUT2D eigenvalue weighted by molar-refractivity contribution is 0.107. The van der Waals surface area contributed by atoms with E-state index < -0.39 is 5.24 Å². The van der Waals surface area contributed by atoms with Gasteiger partial charge in [0.1, 0.15) is 5.75 Å². The van der Waals surface area contributed by atoms with Crippen LogP contribution < -0.4 is 10.5 Å². The Hall–Kier alpha value is -1.22. The Labute approximate surface area is 81.4 Å². The van der Waals surface area contributed by atoms with Crippen molar-refractivity contribution in [1.29, 1.82) is 0 Å². The number of aryl methyl sites for hydroxylation is 1. The number of nitrogen functional groups attached to an aromatic ring is 1. The Morgan fingerprint density at radius 3 is 2.62 bits per heavy atom. The fourth-order valence-corrected chi connectivity index (χ4v) is 1.17. The van der Waals surface area contributed by atoms with E-state index in [2.05, 4.69) is 0 Å². The van der Waals surface area contributed by atoms with E-state index in [0.29, 0.717) is 17.0 Å². The third-order valence-corrected chi connectivity index (χ3v) is 2.00. The van der Waals surface area contributed by atoms with Gasteiger partial charge in [-0.05, 0) is 36.2 Å². The molecule has 0 aromatic heterocycles. The van der Waals surface area contributed by atoms with Crippen LogP contribution in [0.15, 0.2) is 12.1 Å². The molecule has 1 aromatic carbocycles. The van der Waals surface area contributed by atoms with Gasteiger partial charge >= 0.3 is 0 Å². The highest BCUT2D eigenvalue weighted by Crippen LogP contribution is 2.25. The van der Waals surface area contributed by atoms with Crippen molar-refractivity contribution in [3.05, 3.63) is 23.3 Å². The third-order valence-electron chi connectivity index (χ3n) is 1.80. The topological polar surface area (TPSA) is 52.3 Å². The number of carbonyl (C=O) groups is 1. The fraction of sp³-hybridized carbons (Fsp3) is 0.222. The first-order valence-electron chi connectivity index (χ1n) is 3.70. The van der Waals surface area contributed by atoms with E-state index in [1.165, 1.54) is 13.2 Å². The average Bonchev–Trinajstić information content (AvgIpc) is 2.08. The predicted molar refractivity (Wildman–Crippen MR) is 52.3 cm³/mol. The van der Waals surface area contributed by atoms with E-state index in [-0.39, 0.29) is 0 Å². The lowest BCUT2D eigenvalue weighted by Gasteiger charge is -2.07. The quantitative estimate of drug-likeness (QED) is 0.585. The molecule has 0 aliphatic rings. The summed E-state index contributed by atoms with van der Waals surface area (Å²) < 4.78 is 4.98. The number of methoxy groups -OCH3 is 1. The van der Waals surface area contributed by atoms with Crippen LogP contribution in [-0.2, 0) is 0 Å². The summed E-state index contributed by atoms with van der Waals surface area (Å²) in [7, 11) is 1.48. The second kappa shape index (κ2) is 3.66. The van der Waals surface area contributed by atoms with Gasteiger partial charge in [0.15, 0.2) is 0 Å². The van der Waals surface area contributed by atoms with Crippen LogP contribution in [0.2, 0.25) is 0 Å². The standard InChI is InChI=1S/C9H10ClNO2/c1-5-3-8(13-2)6(9(10)12)4-7(5)11/h3-4H,11H2,1-2H3. The van der Waals surface area contributed by atoms with Crippen LogP contribution in [0.5, 0.6) is 5.75 Å². The first-order valence-corrected chi connectivity index (χ1v) is 4.08. The molecule has 70 valence electrons. The van der Waals surface area contributed by atoms with Crippen LogP contribution in [0, 0.1) is 6.92 Å². The monoisotopic (exact) mass is 199 g/mol. The summed E-state index contributed by atoms with van der Waals surface area (Å²) in [5.41, 5.74) is 7.31. The zero-order valence-electron chi connectivity index (χ0n) is 7.43. The van der Waals surface area contributed by atoms with E-state index in [1.807, 2.05) is 6.92 Å². The number of rotatable bonds is 2. The molecule has 0 saturated heterocycles. The van der Waals surface area contributed by atoms with Gasteiger partial charge in [-0.15, -0.1) is 0 Å². The van der Waals surface area contributed by atoms with Crippen LogP contribution >= 0.6 is 11.6 Å². The van der Waals surface area contributed by atoms with Gasteiger partial charge in [0, 0.05) is 5.69 Å². The van der Waals surface area contributed by atoms with Crippen LogP contribution in [0.1, 0.15) is 15.9 Å². The van der Waals surface area contributed by atoms with Gasteiger partial charge in [-0.1, -0.05) is 0 Å². The van der Waals surface area contributed by atoms with Gasteiger partial charge in [0.05, 0.1) is 12.7 Å². The molecule has 0 atom stereocenters. The molecule has 0 unspecified atom stereocenters. The summed E-state index contributed by atoms with van der Waals surface area (Å²) in [6, 6.07) is 3.20. The van der Waals surface area contributed by atoms with Crippen LogP contribution in [0.4, 0.5) is 5.69 Å². The minimum absolute atomic E-state index is 0.298.